The highest BCUT2D eigenvalue weighted by molar-refractivity contribution is 9.10. The lowest BCUT2D eigenvalue weighted by molar-refractivity contribution is 0.379. The van der Waals surface area contributed by atoms with Gasteiger partial charge in [0.25, 0.3) is 0 Å². The van der Waals surface area contributed by atoms with Crippen LogP contribution in [0.4, 0.5) is 0 Å². The van der Waals surface area contributed by atoms with Gasteiger partial charge in [0.2, 0.25) is 10.0 Å². The lowest BCUT2D eigenvalue weighted by Crippen LogP contribution is -2.40. The second kappa shape index (κ2) is 6.10. The Kier molecular flexibility index (Phi) is 4.89. The highest BCUT2D eigenvalue weighted by Crippen LogP contribution is 2.30. The lowest BCUT2D eigenvalue weighted by Gasteiger charge is -2.24. The topological polar surface area (TPSA) is 49.4 Å². The fourth-order valence-corrected chi connectivity index (χ4v) is 4.71. The first-order valence-electron chi connectivity index (χ1n) is 6.08. The van der Waals surface area contributed by atoms with E-state index < -0.39 is 10.0 Å². The molecule has 7 heteroatoms. The molecular formula is C12H16BrClN2O2S. The number of sulfonamides is 1. The largest absolute Gasteiger partial charge is 0.318 e. The molecule has 1 heterocycles. The van der Waals surface area contributed by atoms with Crippen LogP contribution in [0.2, 0.25) is 5.02 Å². The van der Waals surface area contributed by atoms with Gasteiger partial charge in [-0.2, -0.15) is 4.31 Å². The van der Waals surface area contributed by atoms with E-state index in [-0.39, 0.29) is 10.9 Å². The molecule has 4 nitrogen and oxygen atoms in total. The third-order valence-electron chi connectivity index (χ3n) is 3.26. The maximum atomic E-state index is 12.6. The van der Waals surface area contributed by atoms with Crippen LogP contribution in [0.5, 0.6) is 0 Å². The second-order valence-electron chi connectivity index (χ2n) is 4.55. The average Bonchev–Trinajstić information content (AvgIpc) is 2.82. The van der Waals surface area contributed by atoms with E-state index in [1.165, 1.54) is 0 Å². The first-order valence-corrected chi connectivity index (χ1v) is 8.69. The maximum absolute atomic E-state index is 12.6. The van der Waals surface area contributed by atoms with Gasteiger partial charge in [0.15, 0.2) is 0 Å². The zero-order valence-corrected chi connectivity index (χ0v) is 13.7. The molecule has 0 bridgehead atoms. The number of nitrogens with one attached hydrogen (secondary N) is 1. The Morgan fingerprint density at radius 2 is 2.26 bits per heavy atom. The van der Waals surface area contributed by atoms with Gasteiger partial charge in [-0.3, -0.25) is 0 Å². The second-order valence-corrected chi connectivity index (χ2v) is 7.70. The fourth-order valence-electron chi connectivity index (χ4n) is 2.34. The standard InChI is InChI=1S/C12H16BrClN2O2S/c1-15-8-9-3-2-6-16(9)19(17,18)10-4-5-12(14)11(13)7-10/h4-5,7,9,15H,2-3,6,8H2,1H3. The van der Waals surface area contributed by atoms with E-state index in [1.807, 2.05) is 7.05 Å². The molecule has 1 unspecified atom stereocenters. The van der Waals surface area contributed by atoms with Gasteiger partial charge < -0.3 is 5.32 Å². The molecular weight excluding hydrogens is 352 g/mol. The van der Waals surface area contributed by atoms with Gasteiger partial charge in [0.1, 0.15) is 0 Å². The van der Waals surface area contributed by atoms with Crippen LogP contribution in [-0.4, -0.2) is 38.9 Å². The molecule has 2 rings (SSSR count). The zero-order chi connectivity index (χ0) is 14.0. The van der Waals surface area contributed by atoms with Gasteiger partial charge in [-0.25, -0.2) is 8.42 Å². The van der Waals surface area contributed by atoms with Crippen molar-refractivity contribution in [3.63, 3.8) is 0 Å². The molecule has 1 aromatic rings. The van der Waals surface area contributed by atoms with Crippen LogP contribution in [0.15, 0.2) is 27.6 Å². The highest BCUT2D eigenvalue weighted by atomic mass is 79.9. The molecule has 0 saturated carbocycles. The number of hydrogen-bond donors (Lipinski definition) is 1. The molecule has 0 spiro atoms. The predicted molar refractivity (Wildman–Crippen MR) is 80.0 cm³/mol. The van der Waals surface area contributed by atoms with Crippen molar-refractivity contribution in [2.45, 2.75) is 23.8 Å². The van der Waals surface area contributed by atoms with Crippen molar-refractivity contribution in [2.75, 3.05) is 20.1 Å². The summed E-state index contributed by atoms with van der Waals surface area (Å²) in [6.07, 6.45) is 1.80. The van der Waals surface area contributed by atoms with Crippen LogP contribution < -0.4 is 5.32 Å². The molecule has 1 aliphatic rings. The first-order chi connectivity index (χ1) is 8.96. The van der Waals surface area contributed by atoms with Gasteiger partial charge in [-0.05, 0) is 54.0 Å². The van der Waals surface area contributed by atoms with Gasteiger partial charge in [-0.15, -0.1) is 0 Å². The minimum atomic E-state index is -3.44. The third-order valence-corrected chi connectivity index (χ3v) is 6.42. The summed E-state index contributed by atoms with van der Waals surface area (Å²) in [5, 5.41) is 3.55. The minimum absolute atomic E-state index is 0.0319. The molecule has 1 saturated heterocycles. The zero-order valence-electron chi connectivity index (χ0n) is 10.6. The van der Waals surface area contributed by atoms with Crippen molar-refractivity contribution < 1.29 is 8.42 Å². The summed E-state index contributed by atoms with van der Waals surface area (Å²) in [4.78, 5) is 0.284. The van der Waals surface area contributed by atoms with E-state index in [0.717, 1.165) is 12.8 Å². The van der Waals surface area contributed by atoms with Crippen molar-refractivity contribution in [3.05, 3.63) is 27.7 Å². The molecule has 1 aliphatic heterocycles. The third kappa shape index (κ3) is 3.13. The number of hydrogen-bond acceptors (Lipinski definition) is 3. The normalized spacial score (nSPS) is 20.9. The molecule has 1 atom stereocenters. The van der Waals surface area contributed by atoms with Crippen molar-refractivity contribution in [1.82, 2.24) is 9.62 Å². The van der Waals surface area contributed by atoms with Crippen molar-refractivity contribution in [1.29, 1.82) is 0 Å². The molecule has 0 aromatic heterocycles. The van der Waals surface area contributed by atoms with E-state index in [1.54, 1.807) is 22.5 Å². The van der Waals surface area contributed by atoms with E-state index in [9.17, 15) is 8.42 Å². The number of likely N-dealkylation sites (N-methyl/N-ethyl adjacent to an activating group) is 1. The lowest BCUT2D eigenvalue weighted by atomic mass is 10.2. The van der Waals surface area contributed by atoms with Gasteiger partial charge in [0.05, 0.1) is 9.92 Å². The predicted octanol–water partition coefficient (Wildman–Crippen LogP) is 2.48. The summed E-state index contributed by atoms with van der Waals surface area (Å²) in [5.41, 5.74) is 0. The Hall–Kier alpha value is -0.140. The SMILES string of the molecule is CNCC1CCCN1S(=O)(=O)c1ccc(Cl)c(Br)c1. The Bertz CT molecular complexity index is 565. The van der Waals surface area contributed by atoms with Crippen LogP contribution >= 0.6 is 27.5 Å². The smallest absolute Gasteiger partial charge is 0.243 e. The molecule has 0 aliphatic carbocycles. The van der Waals surface area contributed by atoms with Crippen molar-refractivity contribution >= 4 is 37.6 Å². The summed E-state index contributed by atoms with van der Waals surface area (Å²) in [6.45, 7) is 1.25. The van der Waals surface area contributed by atoms with Crippen molar-refractivity contribution in [3.8, 4) is 0 Å². The Morgan fingerprint density at radius 3 is 2.89 bits per heavy atom. The van der Waals surface area contributed by atoms with Crippen LogP contribution in [0.1, 0.15) is 12.8 Å². The van der Waals surface area contributed by atoms with Crippen molar-refractivity contribution in [2.24, 2.45) is 0 Å². The summed E-state index contributed by atoms with van der Waals surface area (Å²) < 4.78 is 27.4. The van der Waals surface area contributed by atoms with E-state index in [0.29, 0.717) is 22.6 Å². The molecule has 106 valence electrons. The Morgan fingerprint density at radius 1 is 1.53 bits per heavy atom. The monoisotopic (exact) mass is 366 g/mol. The van der Waals surface area contributed by atoms with Gasteiger partial charge in [-0.1, -0.05) is 11.6 Å². The number of nitrogens with zero attached hydrogens (tertiary/aromatic N) is 1. The molecule has 1 fully saturated rings. The quantitative estimate of drug-likeness (QED) is 0.889. The number of rotatable bonds is 4. The number of benzene rings is 1. The molecule has 19 heavy (non-hydrogen) atoms. The first kappa shape index (κ1) is 15.3. The van der Waals surface area contributed by atoms with E-state index in [2.05, 4.69) is 21.2 Å². The summed E-state index contributed by atoms with van der Waals surface area (Å²) in [7, 11) is -1.61. The molecule has 0 radical (unpaired) electrons. The summed E-state index contributed by atoms with van der Waals surface area (Å²) in [5.74, 6) is 0. The van der Waals surface area contributed by atoms with Gasteiger partial charge in [0, 0.05) is 23.6 Å². The van der Waals surface area contributed by atoms with Crippen LogP contribution in [0, 0.1) is 0 Å². The minimum Gasteiger partial charge on any atom is -0.318 e. The Balaban J connectivity index is 2.33. The molecule has 1 N–H and O–H groups in total. The molecule has 1 aromatic carbocycles. The summed E-state index contributed by atoms with van der Waals surface area (Å²) >= 11 is 9.17. The van der Waals surface area contributed by atoms with Gasteiger partial charge >= 0.3 is 0 Å². The number of halogens is 2. The van der Waals surface area contributed by atoms with E-state index in [4.69, 9.17) is 11.6 Å². The Labute approximate surface area is 127 Å². The summed E-state index contributed by atoms with van der Waals surface area (Å²) in [6, 6.07) is 4.75. The molecule has 0 amide bonds. The van der Waals surface area contributed by atoms with Crippen LogP contribution in [-0.2, 0) is 10.0 Å². The highest BCUT2D eigenvalue weighted by Gasteiger charge is 2.34. The van der Waals surface area contributed by atoms with Crippen LogP contribution in [0.25, 0.3) is 0 Å². The van der Waals surface area contributed by atoms with E-state index >= 15 is 0 Å². The average molecular weight is 368 g/mol. The fraction of sp³-hybridized carbons (Fsp3) is 0.500. The van der Waals surface area contributed by atoms with Crippen LogP contribution in [0.3, 0.4) is 0 Å². The maximum Gasteiger partial charge on any atom is 0.243 e.